The minimum absolute atomic E-state index is 0.0811. The fourth-order valence-corrected chi connectivity index (χ4v) is 5.54. The van der Waals surface area contributed by atoms with Crippen molar-refractivity contribution in [2.24, 2.45) is 0 Å². The van der Waals surface area contributed by atoms with E-state index in [1.165, 1.54) is 33.8 Å². The second kappa shape index (κ2) is 12.8. The summed E-state index contributed by atoms with van der Waals surface area (Å²) < 4.78 is 10.3. The second-order valence-corrected chi connectivity index (χ2v) is 11.0. The SMILES string of the molecule is COc1csc(C(=O)NCC(C)c2ccc(-c3ccc(C(C)CNC(=O)c4cc(OC)cs4)cc3)cc2)c1. The molecule has 198 valence electrons. The molecule has 0 saturated carbocycles. The van der Waals surface area contributed by atoms with Crippen LogP contribution >= 0.6 is 22.7 Å². The monoisotopic (exact) mass is 548 g/mol. The molecule has 4 aromatic rings. The van der Waals surface area contributed by atoms with Gasteiger partial charge in [-0.1, -0.05) is 62.4 Å². The van der Waals surface area contributed by atoms with E-state index < -0.39 is 0 Å². The smallest absolute Gasteiger partial charge is 0.261 e. The van der Waals surface area contributed by atoms with Crippen LogP contribution in [0.1, 0.15) is 56.2 Å². The van der Waals surface area contributed by atoms with Crippen LogP contribution < -0.4 is 20.1 Å². The fraction of sp³-hybridized carbons (Fsp3) is 0.267. The molecule has 2 amide bonds. The summed E-state index contributed by atoms with van der Waals surface area (Å²) in [5.74, 6) is 1.61. The van der Waals surface area contributed by atoms with Crippen LogP contribution in [0.3, 0.4) is 0 Å². The van der Waals surface area contributed by atoms with Crippen molar-refractivity contribution in [2.75, 3.05) is 27.3 Å². The third-order valence-electron chi connectivity index (χ3n) is 6.50. The summed E-state index contributed by atoms with van der Waals surface area (Å²) in [5.41, 5.74) is 4.61. The highest BCUT2D eigenvalue weighted by Crippen LogP contribution is 2.26. The number of hydrogen-bond acceptors (Lipinski definition) is 6. The van der Waals surface area contributed by atoms with E-state index in [4.69, 9.17) is 9.47 Å². The van der Waals surface area contributed by atoms with Gasteiger partial charge in [-0.25, -0.2) is 0 Å². The van der Waals surface area contributed by atoms with Crippen LogP contribution in [0.4, 0.5) is 0 Å². The molecule has 6 nitrogen and oxygen atoms in total. The van der Waals surface area contributed by atoms with E-state index in [1.54, 1.807) is 26.4 Å². The molecule has 2 N–H and O–H groups in total. The first-order valence-corrected chi connectivity index (χ1v) is 14.2. The van der Waals surface area contributed by atoms with Crippen molar-refractivity contribution in [3.8, 4) is 22.6 Å². The maximum Gasteiger partial charge on any atom is 0.261 e. The van der Waals surface area contributed by atoms with Crippen LogP contribution in [0.25, 0.3) is 11.1 Å². The van der Waals surface area contributed by atoms with Gasteiger partial charge in [-0.05, 0) is 34.1 Å². The number of carbonyl (C=O) groups excluding carboxylic acids is 2. The van der Waals surface area contributed by atoms with Gasteiger partial charge in [0.1, 0.15) is 11.5 Å². The number of rotatable bonds is 11. The molecule has 0 bridgehead atoms. The van der Waals surface area contributed by atoms with E-state index in [2.05, 4.69) is 73.0 Å². The number of hydrogen-bond donors (Lipinski definition) is 2. The average Bonchev–Trinajstić information content (AvgIpc) is 3.65. The van der Waals surface area contributed by atoms with Crippen molar-refractivity contribution in [3.63, 3.8) is 0 Å². The number of carbonyl (C=O) groups is 2. The Kier molecular flexibility index (Phi) is 9.20. The number of ether oxygens (including phenoxy) is 2. The Morgan fingerprint density at radius 1 is 0.684 bits per heavy atom. The lowest BCUT2D eigenvalue weighted by atomic mass is 9.95. The Labute approximate surface area is 231 Å². The summed E-state index contributed by atoms with van der Waals surface area (Å²) in [4.78, 5) is 26.1. The summed E-state index contributed by atoms with van der Waals surface area (Å²) >= 11 is 2.75. The van der Waals surface area contributed by atoms with Crippen LogP contribution in [-0.2, 0) is 0 Å². The zero-order chi connectivity index (χ0) is 27.1. The summed E-state index contributed by atoms with van der Waals surface area (Å²) in [6.07, 6.45) is 0. The van der Waals surface area contributed by atoms with Crippen LogP contribution in [0, 0.1) is 0 Å². The van der Waals surface area contributed by atoms with Gasteiger partial charge in [-0.3, -0.25) is 9.59 Å². The molecular weight excluding hydrogens is 516 g/mol. The maximum absolute atomic E-state index is 12.4. The number of methoxy groups -OCH3 is 2. The number of benzene rings is 2. The Morgan fingerprint density at radius 3 is 1.37 bits per heavy atom. The van der Waals surface area contributed by atoms with Gasteiger partial charge in [-0.2, -0.15) is 0 Å². The molecule has 0 aliphatic carbocycles. The number of nitrogens with one attached hydrogen (secondary N) is 2. The zero-order valence-electron chi connectivity index (χ0n) is 21.9. The van der Waals surface area contributed by atoms with Gasteiger partial charge in [0.05, 0.1) is 24.0 Å². The van der Waals surface area contributed by atoms with E-state index in [-0.39, 0.29) is 23.7 Å². The Bertz CT molecular complexity index is 1250. The topological polar surface area (TPSA) is 76.7 Å². The molecule has 4 rings (SSSR count). The molecule has 2 heterocycles. The molecule has 0 aliphatic rings. The van der Waals surface area contributed by atoms with Gasteiger partial charge in [0.15, 0.2) is 0 Å². The Balaban J connectivity index is 1.29. The minimum atomic E-state index is -0.0811. The predicted octanol–water partition coefficient (Wildman–Crippen LogP) is 6.56. The standard InChI is InChI=1S/C30H32N2O4S2/c1-19(15-31-29(33)27-13-25(35-3)17-37-27)21-5-9-23(10-6-21)24-11-7-22(8-12-24)20(2)16-32-30(34)28-14-26(36-4)18-38-28/h5-14,17-20H,15-16H2,1-4H3,(H,31,33)(H,32,34). The van der Waals surface area contributed by atoms with Crippen molar-refractivity contribution >= 4 is 34.5 Å². The molecule has 0 spiro atoms. The Hall–Kier alpha value is -3.62. The normalized spacial score (nSPS) is 12.4. The first kappa shape index (κ1) is 27.4. The predicted molar refractivity (Wildman–Crippen MR) is 155 cm³/mol. The molecule has 2 unspecified atom stereocenters. The summed E-state index contributed by atoms with van der Waals surface area (Å²) in [5, 5.41) is 9.68. The molecule has 0 saturated heterocycles. The molecule has 2 aromatic heterocycles. The fourth-order valence-electron chi connectivity index (χ4n) is 4.00. The van der Waals surface area contributed by atoms with Gasteiger partial charge in [0.2, 0.25) is 0 Å². The van der Waals surface area contributed by atoms with Crippen LogP contribution in [0.5, 0.6) is 11.5 Å². The molecule has 0 fully saturated rings. The van der Waals surface area contributed by atoms with E-state index in [0.717, 1.165) is 11.1 Å². The highest BCUT2D eigenvalue weighted by molar-refractivity contribution is 7.12. The molecule has 2 aromatic carbocycles. The van der Waals surface area contributed by atoms with E-state index in [1.807, 2.05) is 10.8 Å². The maximum atomic E-state index is 12.4. The molecule has 8 heteroatoms. The summed E-state index contributed by atoms with van der Waals surface area (Å²) in [7, 11) is 3.19. The van der Waals surface area contributed by atoms with Gasteiger partial charge in [0.25, 0.3) is 11.8 Å². The quantitative estimate of drug-likeness (QED) is 0.223. The van der Waals surface area contributed by atoms with Crippen molar-refractivity contribution in [2.45, 2.75) is 25.7 Å². The van der Waals surface area contributed by atoms with Crippen LogP contribution in [-0.4, -0.2) is 39.1 Å². The highest BCUT2D eigenvalue weighted by Gasteiger charge is 2.14. The van der Waals surface area contributed by atoms with Gasteiger partial charge in [0, 0.05) is 36.0 Å². The zero-order valence-corrected chi connectivity index (χ0v) is 23.6. The first-order valence-electron chi connectivity index (χ1n) is 12.4. The lowest BCUT2D eigenvalue weighted by molar-refractivity contribution is 0.0947. The molecular formula is C30H32N2O4S2. The van der Waals surface area contributed by atoms with Crippen molar-refractivity contribution < 1.29 is 19.1 Å². The van der Waals surface area contributed by atoms with E-state index in [0.29, 0.717) is 34.3 Å². The van der Waals surface area contributed by atoms with Crippen molar-refractivity contribution in [3.05, 3.63) is 92.3 Å². The Morgan fingerprint density at radius 2 is 1.05 bits per heavy atom. The van der Waals surface area contributed by atoms with E-state index >= 15 is 0 Å². The van der Waals surface area contributed by atoms with Crippen LogP contribution in [0.2, 0.25) is 0 Å². The lowest BCUT2D eigenvalue weighted by Gasteiger charge is -2.15. The van der Waals surface area contributed by atoms with Gasteiger partial charge < -0.3 is 20.1 Å². The van der Waals surface area contributed by atoms with E-state index in [9.17, 15) is 9.59 Å². The average molecular weight is 549 g/mol. The first-order chi connectivity index (χ1) is 18.4. The second-order valence-electron chi connectivity index (χ2n) is 9.17. The molecule has 0 aliphatic heterocycles. The summed E-state index contributed by atoms with van der Waals surface area (Å²) in [6, 6.07) is 20.4. The summed E-state index contributed by atoms with van der Waals surface area (Å²) in [6.45, 7) is 5.32. The largest absolute Gasteiger partial charge is 0.496 e. The minimum Gasteiger partial charge on any atom is -0.496 e. The third-order valence-corrected chi connectivity index (χ3v) is 8.31. The highest BCUT2D eigenvalue weighted by atomic mass is 32.1. The third kappa shape index (κ3) is 6.82. The molecule has 38 heavy (non-hydrogen) atoms. The number of amides is 2. The number of thiophene rings is 2. The van der Waals surface area contributed by atoms with Crippen molar-refractivity contribution in [1.29, 1.82) is 0 Å². The van der Waals surface area contributed by atoms with Gasteiger partial charge >= 0.3 is 0 Å². The van der Waals surface area contributed by atoms with Gasteiger partial charge in [-0.15, -0.1) is 22.7 Å². The van der Waals surface area contributed by atoms with Crippen LogP contribution in [0.15, 0.2) is 71.4 Å². The molecule has 0 radical (unpaired) electrons. The molecule has 2 atom stereocenters. The lowest BCUT2D eigenvalue weighted by Crippen LogP contribution is -2.26. The van der Waals surface area contributed by atoms with Crippen molar-refractivity contribution in [1.82, 2.24) is 10.6 Å².